The first-order valence-electron chi connectivity index (χ1n) is 4.87. The monoisotopic (exact) mass is 220 g/mol. The van der Waals surface area contributed by atoms with Crippen molar-refractivity contribution >= 4 is 11.6 Å². The molecule has 0 saturated heterocycles. The van der Waals surface area contributed by atoms with Gasteiger partial charge in [-0.2, -0.15) is 0 Å². The number of pyridine rings is 1. The van der Waals surface area contributed by atoms with Gasteiger partial charge < -0.3 is 4.57 Å². The predicted molar refractivity (Wildman–Crippen MR) is 62.8 cm³/mol. The summed E-state index contributed by atoms with van der Waals surface area (Å²) in [4.78, 5) is 4.37. The van der Waals surface area contributed by atoms with E-state index in [1.807, 2.05) is 33.0 Å². The third-order valence-corrected chi connectivity index (χ3v) is 2.72. The van der Waals surface area contributed by atoms with Crippen molar-refractivity contribution in [1.82, 2.24) is 9.55 Å². The lowest BCUT2D eigenvalue weighted by atomic mass is 10.3. The van der Waals surface area contributed by atoms with Crippen molar-refractivity contribution in [1.29, 1.82) is 0 Å². The van der Waals surface area contributed by atoms with Gasteiger partial charge in [0.1, 0.15) is 0 Å². The summed E-state index contributed by atoms with van der Waals surface area (Å²) in [5.74, 6) is 0.808. The fourth-order valence-electron chi connectivity index (χ4n) is 1.69. The molecule has 2 aromatic heterocycles. The normalized spacial score (nSPS) is 10.7. The SMILES string of the molecule is Cc1cnc(-n2c(C)ccc2C)c(Cl)c1. The largest absolute Gasteiger partial charge is 0.302 e. The van der Waals surface area contributed by atoms with Crippen LogP contribution in [0, 0.1) is 20.8 Å². The van der Waals surface area contributed by atoms with Crippen LogP contribution in [-0.2, 0) is 0 Å². The topological polar surface area (TPSA) is 17.8 Å². The molecular formula is C12H13ClN2. The molecule has 15 heavy (non-hydrogen) atoms. The first-order chi connectivity index (χ1) is 7.09. The highest BCUT2D eigenvalue weighted by molar-refractivity contribution is 6.32. The minimum atomic E-state index is 0.692. The number of hydrogen-bond acceptors (Lipinski definition) is 1. The lowest BCUT2D eigenvalue weighted by Gasteiger charge is -2.10. The van der Waals surface area contributed by atoms with E-state index in [1.54, 1.807) is 0 Å². The average Bonchev–Trinajstić information content (AvgIpc) is 2.48. The molecule has 0 saturated carbocycles. The molecule has 2 aromatic rings. The van der Waals surface area contributed by atoms with E-state index in [4.69, 9.17) is 11.6 Å². The second kappa shape index (κ2) is 3.70. The Morgan fingerprint density at radius 1 is 1.13 bits per heavy atom. The van der Waals surface area contributed by atoms with Crippen LogP contribution in [-0.4, -0.2) is 9.55 Å². The molecule has 0 N–H and O–H groups in total. The Balaban J connectivity index is 2.64. The van der Waals surface area contributed by atoms with Gasteiger partial charge >= 0.3 is 0 Å². The molecule has 0 aromatic carbocycles. The minimum absolute atomic E-state index is 0.692. The van der Waals surface area contributed by atoms with E-state index in [9.17, 15) is 0 Å². The van der Waals surface area contributed by atoms with Gasteiger partial charge in [0.15, 0.2) is 5.82 Å². The molecule has 0 aliphatic heterocycles. The number of rotatable bonds is 1. The molecule has 0 aliphatic rings. The van der Waals surface area contributed by atoms with Gasteiger partial charge in [-0.05, 0) is 44.5 Å². The Labute approximate surface area is 94.5 Å². The van der Waals surface area contributed by atoms with Crippen LogP contribution in [0.25, 0.3) is 5.82 Å². The van der Waals surface area contributed by atoms with Gasteiger partial charge in [0.05, 0.1) is 5.02 Å². The molecule has 0 spiro atoms. The third-order valence-electron chi connectivity index (χ3n) is 2.44. The maximum absolute atomic E-state index is 6.18. The molecule has 0 amide bonds. The third kappa shape index (κ3) is 1.77. The standard InChI is InChI=1S/C12H13ClN2/c1-8-6-11(13)12(14-7-8)15-9(2)4-5-10(15)3/h4-7H,1-3H3. The summed E-state index contributed by atoms with van der Waals surface area (Å²) in [7, 11) is 0. The van der Waals surface area contributed by atoms with Crippen molar-refractivity contribution in [3.8, 4) is 5.82 Å². The highest BCUT2D eigenvalue weighted by Gasteiger charge is 2.08. The highest BCUT2D eigenvalue weighted by Crippen LogP contribution is 2.22. The van der Waals surface area contributed by atoms with E-state index in [2.05, 4.69) is 21.7 Å². The van der Waals surface area contributed by atoms with E-state index in [0.29, 0.717) is 5.02 Å². The summed E-state index contributed by atoms with van der Waals surface area (Å²) in [6.45, 7) is 6.08. The van der Waals surface area contributed by atoms with Crippen molar-refractivity contribution in [2.75, 3.05) is 0 Å². The van der Waals surface area contributed by atoms with Gasteiger partial charge in [-0.15, -0.1) is 0 Å². The second-order valence-corrected chi connectivity index (χ2v) is 4.18. The van der Waals surface area contributed by atoms with E-state index in [1.165, 1.54) is 0 Å². The van der Waals surface area contributed by atoms with Crippen LogP contribution in [0.1, 0.15) is 17.0 Å². The maximum atomic E-state index is 6.18. The molecule has 0 bridgehead atoms. The maximum Gasteiger partial charge on any atom is 0.155 e. The molecule has 0 aliphatic carbocycles. The Morgan fingerprint density at radius 3 is 2.27 bits per heavy atom. The average molecular weight is 221 g/mol. The van der Waals surface area contributed by atoms with Crippen LogP contribution < -0.4 is 0 Å². The Bertz CT molecular complexity index is 481. The quantitative estimate of drug-likeness (QED) is 0.720. The molecule has 2 rings (SSSR count). The zero-order valence-corrected chi connectivity index (χ0v) is 9.84. The smallest absolute Gasteiger partial charge is 0.155 e. The summed E-state index contributed by atoms with van der Waals surface area (Å²) < 4.78 is 2.06. The van der Waals surface area contributed by atoms with Crippen LogP contribution in [0.4, 0.5) is 0 Å². The Kier molecular flexibility index (Phi) is 2.53. The first-order valence-corrected chi connectivity index (χ1v) is 5.25. The van der Waals surface area contributed by atoms with Crippen LogP contribution in [0.5, 0.6) is 0 Å². The highest BCUT2D eigenvalue weighted by atomic mass is 35.5. The van der Waals surface area contributed by atoms with Crippen molar-refractivity contribution in [3.63, 3.8) is 0 Å². The zero-order valence-electron chi connectivity index (χ0n) is 9.08. The summed E-state index contributed by atoms with van der Waals surface area (Å²) in [5.41, 5.74) is 3.36. The van der Waals surface area contributed by atoms with Crippen LogP contribution in [0.3, 0.4) is 0 Å². The lowest BCUT2D eigenvalue weighted by Crippen LogP contribution is -2.02. The molecule has 2 nitrogen and oxygen atoms in total. The number of nitrogens with zero attached hydrogens (tertiary/aromatic N) is 2. The predicted octanol–water partition coefficient (Wildman–Crippen LogP) is 3.45. The fraction of sp³-hybridized carbons (Fsp3) is 0.250. The van der Waals surface area contributed by atoms with Crippen molar-refractivity contribution in [2.24, 2.45) is 0 Å². The summed E-state index contributed by atoms with van der Waals surface area (Å²) in [5, 5.41) is 0.692. The van der Waals surface area contributed by atoms with E-state index in [0.717, 1.165) is 22.8 Å². The second-order valence-electron chi connectivity index (χ2n) is 3.77. The number of hydrogen-bond donors (Lipinski definition) is 0. The van der Waals surface area contributed by atoms with Crippen molar-refractivity contribution in [3.05, 3.63) is 46.4 Å². The number of aryl methyl sites for hydroxylation is 3. The van der Waals surface area contributed by atoms with E-state index in [-0.39, 0.29) is 0 Å². The number of halogens is 1. The van der Waals surface area contributed by atoms with Crippen LogP contribution in [0.15, 0.2) is 24.4 Å². The fourth-order valence-corrected chi connectivity index (χ4v) is 2.00. The molecule has 2 heterocycles. The summed E-state index contributed by atoms with van der Waals surface area (Å²) >= 11 is 6.18. The van der Waals surface area contributed by atoms with E-state index < -0.39 is 0 Å². The minimum Gasteiger partial charge on any atom is -0.302 e. The zero-order chi connectivity index (χ0) is 11.0. The van der Waals surface area contributed by atoms with Gasteiger partial charge in [0.25, 0.3) is 0 Å². The molecule has 3 heteroatoms. The molecule has 78 valence electrons. The first kappa shape index (κ1) is 10.2. The van der Waals surface area contributed by atoms with Gasteiger partial charge in [0, 0.05) is 17.6 Å². The number of aromatic nitrogens is 2. The van der Waals surface area contributed by atoms with Crippen LogP contribution in [0.2, 0.25) is 5.02 Å². The van der Waals surface area contributed by atoms with Gasteiger partial charge in [-0.3, -0.25) is 0 Å². The molecule has 0 fully saturated rings. The molecule has 0 radical (unpaired) electrons. The van der Waals surface area contributed by atoms with Gasteiger partial charge in [-0.25, -0.2) is 4.98 Å². The summed E-state index contributed by atoms with van der Waals surface area (Å²) in [6.07, 6.45) is 1.83. The lowest BCUT2D eigenvalue weighted by molar-refractivity contribution is 0.920. The van der Waals surface area contributed by atoms with Gasteiger partial charge in [-0.1, -0.05) is 11.6 Å². The van der Waals surface area contributed by atoms with Crippen molar-refractivity contribution < 1.29 is 0 Å². The van der Waals surface area contributed by atoms with Crippen LogP contribution >= 0.6 is 11.6 Å². The Morgan fingerprint density at radius 2 is 1.73 bits per heavy atom. The summed E-state index contributed by atoms with van der Waals surface area (Å²) in [6, 6.07) is 6.06. The van der Waals surface area contributed by atoms with Gasteiger partial charge in [0.2, 0.25) is 0 Å². The van der Waals surface area contributed by atoms with Crippen molar-refractivity contribution in [2.45, 2.75) is 20.8 Å². The molecule has 0 atom stereocenters. The molecule has 0 unspecified atom stereocenters. The van der Waals surface area contributed by atoms with E-state index >= 15 is 0 Å². The Hall–Kier alpha value is -1.28. The molecular weight excluding hydrogens is 208 g/mol.